The Morgan fingerprint density at radius 2 is 0.763 bits per heavy atom. The van der Waals surface area contributed by atoms with Crippen molar-refractivity contribution in [1.82, 2.24) is 0 Å². The molecule has 0 bridgehead atoms. The minimum absolute atomic E-state index is 1.17. The summed E-state index contributed by atoms with van der Waals surface area (Å²) in [4.78, 5) is 2.28. The van der Waals surface area contributed by atoms with Gasteiger partial charge in [-0.15, -0.1) is 0 Å². The van der Waals surface area contributed by atoms with Crippen LogP contribution in [0, 0.1) is 20.8 Å². The van der Waals surface area contributed by atoms with Gasteiger partial charge in [0.1, 0.15) is 0 Å². The second kappa shape index (κ2) is 10.0. The number of benzene rings is 7. The normalized spacial score (nSPS) is 11.0. The van der Waals surface area contributed by atoms with Crippen molar-refractivity contribution in [3.8, 4) is 0 Å². The molecule has 0 fully saturated rings. The molecule has 0 aliphatic heterocycles. The third kappa shape index (κ3) is 4.60. The predicted octanol–water partition coefficient (Wildman–Crippen LogP) is 10.7. The molecule has 0 unspecified atom stereocenters. The van der Waals surface area contributed by atoms with E-state index in [2.05, 4.69) is 153 Å². The Hall–Kier alpha value is -4.62. The second-order valence-corrected chi connectivity index (χ2v) is 10.1. The Morgan fingerprint density at radius 1 is 0.342 bits per heavy atom. The quantitative estimate of drug-likeness (QED) is 0.223. The lowest BCUT2D eigenvalue weighted by Crippen LogP contribution is -2.09. The topological polar surface area (TPSA) is 3.24 Å². The second-order valence-electron chi connectivity index (χ2n) is 10.1. The average molecular weight is 490 g/mol. The molecule has 0 aliphatic carbocycles. The summed E-state index contributed by atoms with van der Waals surface area (Å²) >= 11 is 0. The fourth-order valence-corrected chi connectivity index (χ4v) is 5.32. The van der Waals surface area contributed by atoms with Crippen molar-refractivity contribution >= 4 is 49.4 Å². The highest BCUT2D eigenvalue weighted by Gasteiger charge is 2.11. The first-order valence-electron chi connectivity index (χ1n) is 13.2. The third-order valence-corrected chi connectivity index (χ3v) is 7.21. The zero-order valence-electron chi connectivity index (χ0n) is 22.1. The van der Waals surface area contributed by atoms with Gasteiger partial charge in [0.25, 0.3) is 0 Å². The van der Waals surface area contributed by atoms with Crippen molar-refractivity contribution in [3.63, 3.8) is 0 Å². The van der Waals surface area contributed by atoms with Gasteiger partial charge in [-0.1, -0.05) is 108 Å². The van der Waals surface area contributed by atoms with Gasteiger partial charge in [-0.05, 0) is 95.1 Å². The summed E-state index contributed by atoms with van der Waals surface area (Å²) in [6, 6.07) is 47.7. The zero-order chi connectivity index (χ0) is 26.1. The Kier molecular flexibility index (Phi) is 6.27. The highest BCUT2D eigenvalue weighted by molar-refractivity contribution is 6.23. The maximum absolute atomic E-state index is 2.28. The molecule has 0 saturated carbocycles. The molecule has 0 aliphatic rings. The van der Waals surface area contributed by atoms with E-state index in [1.807, 2.05) is 6.07 Å². The van der Waals surface area contributed by atoms with Gasteiger partial charge in [-0.2, -0.15) is 0 Å². The molecule has 0 atom stereocenters. The van der Waals surface area contributed by atoms with Crippen LogP contribution < -0.4 is 4.90 Å². The van der Waals surface area contributed by atoms with Gasteiger partial charge in [0.05, 0.1) is 0 Å². The van der Waals surface area contributed by atoms with Crippen molar-refractivity contribution in [3.05, 3.63) is 150 Å². The Labute approximate surface area is 224 Å². The maximum atomic E-state index is 2.28. The summed E-state index contributed by atoms with van der Waals surface area (Å²) in [5, 5.41) is 8.19. The van der Waals surface area contributed by atoms with Crippen LogP contribution in [-0.4, -0.2) is 0 Å². The molecule has 0 N–H and O–H groups in total. The molecular formula is C37H31N. The van der Waals surface area contributed by atoms with Gasteiger partial charge < -0.3 is 4.90 Å². The summed E-state index contributed by atoms with van der Waals surface area (Å²) < 4.78 is 0. The smallest absolute Gasteiger partial charge is 0.0461 e. The van der Waals surface area contributed by atoms with Crippen LogP contribution in [0.2, 0.25) is 0 Å². The lowest BCUT2D eigenvalue weighted by Gasteiger charge is -2.25. The van der Waals surface area contributed by atoms with Crippen LogP contribution in [-0.2, 0) is 0 Å². The number of para-hydroxylation sites is 1. The minimum atomic E-state index is 1.17. The van der Waals surface area contributed by atoms with E-state index < -0.39 is 0 Å². The molecule has 7 aromatic rings. The van der Waals surface area contributed by atoms with E-state index in [1.165, 1.54) is 66.1 Å². The average Bonchev–Trinajstić information content (AvgIpc) is 2.95. The lowest BCUT2D eigenvalue weighted by molar-refractivity contribution is 1.27. The van der Waals surface area contributed by atoms with Gasteiger partial charge in [-0.3, -0.25) is 0 Å². The van der Waals surface area contributed by atoms with E-state index >= 15 is 0 Å². The molecule has 0 saturated heterocycles. The molecule has 0 spiro atoms. The van der Waals surface area contributed by atoms with Gasteiger partial charge >= 0.3 is 0 Å². The fraction of sp³-hybridized carbons (Fsp3) is 0.0811. The first kappa shape index (κ1) is 23.8. The molecule has 184 valence electrons. The number of hydrogen-bond donors (Lipinski definition) is 0. The molecule has 0 amide bonds. The Balaban J connectivity index is 0.000000142. The summed E-state index contributed by atoms with van der Waals surface area (Å²) in [5.74, 6) is 0. The highest BCUT2D eigenvalue weighted by Crippen LogP contribution is 2.35. The number of hydrogen-bond acceptors (Lipinski definition) is 1. The molecule has 7 rings (SSSR count). The lowest BCUT2D eigenvalue weighted by atomic mass is 9.93. The Bertz CT molecular complexity index is 1710. The van der Waals surface area contributed by atoms with Crippen molar-refractivity contribution in [1.29, 1.82) is 0 Å². The van der Waals surface area contributed by atoms with Gasteiger partial charge in [0.2, 0.25) is 0 Å². The van der Waals surface area contributed by atoms with E-state index in [4.69, 9.17) is 0 Å². The van der Waals surface area contributed by atoms with Crippen LogP contribution in [0.15, 0.2) is 133 Å². The Morgan fingerprint density at radius 3 is 1.26 bits per heavy atom. The SMILES string of the molecule is Cc1cc2ccc3cccc4ccc(c1)c2c34.Cc1ccc(N(c2ccccc2)c2ccc(C)cc2)cc1. The van der Waals surface area contributed by atoms with Crippen molar-refractivity contribution < 1.29 is 0 Å². The number of rotatable bonds is 3. The van der Waals surface area contributed by atoms with E-state index in [-0.39, 0.29) is 0 Å². The summed E-state index contributed by atoms with van der Waals surface area (Å²) in [6.07, 6.45) is 0. The molecule has 1 heteroatoms. The van der Waals surface area contributed by atoms with E-state index in [0.29, 0.717) is 0 Å². The van der Waals surface area contributed by atoms with Crippen molar-refractivity contribution in [2.24, 2.45) is 0 Å². The molecule has 1 nitrogen and oxygen atoms in total. The molecule has 0 heterocycles. The number of anilines is 3. The predicted molar refractivity (Wildman–Crippen MR) is 165 cm³/mol. The number of nitrogens with zero attached hydrogens (tertiary/aromatic N) is 1. The van der Waals surface area contributed by atoms with E-state index in [0.717, 1.165) is 0 Å². The number of aryl methyl sites for hydroxylation is 3. The highest BCUT2D eigenvalue weighted by atomic mass is 15.1. The van der Waals surface area contributed by atoms with Crippen LogP contribution in [0.5, 0.6) is 0 Å². The van der Waals surface area contributed by atoms with Gasteiger partial charge in [-0.25, -0.2) is 0 Å². The van der Waals surface area contributed by atoms with Crippen LogP contribution in [0.25, 0.3) is 32.3 Å². The van der Waals surface area contributed by atoms with E-state index in [1.54, 1.807) is 0 Å². The summed E-state index contributed by atoms with van der Waals surface area (Å²) in [7, 11) is 0. The van der Waals surface area contributed by atoms with E-state index in [9.17, 15) is 0 Å². The zero-order valence-corrected chi connectivity index (χ0v) is 22.1. The molecular weight excluding hydrogens is 458 g/mol. The van der Waals surface area contributed by atoms with Crippen molar-refractivity contribution in [2.75, 3.05) is 4.90 Å². The van der Waals surface area contributed by atoms with Crippen LogP contribution in [0.4, 0.5) is 17.1 Å². The van der Waals surface area contributed by atoms with Gasteiger partial charge in [0, 0.05) is 17.1 Å². The summed E-state index contributed by atoms with van der Waals surface area (Å²) in [6.45, 7) is 6.39. The minimum Gasteiger partial charge on any atom is -0.311 e. The van der Waals surface area contributed by atoms with Crippen LogP contribution in [0.3, 0.4) is 0 Å². The van der Waals surface area contributed by atoms with Crippen LogP contribution >= 0.6 is 0 Å². The molecule has 0 aromatic heterocycles. The molecule has 0 radical (unpaired) electrons. The first-order valence-corrected chi connectivity index (χ1v) is 13.2. The van der Waals surface area contributed by atoms with Crippen molar-refractivity contribution in [2.45, 2.75) is 20.8 Å². The van der Waals surface area contributed by atoms with Gasteiger partial charge in [0.15, 0.2) is 0 Å². The fourth-order valence-electron chi connectivity index (χ4n) is 5.32. The maximum Gasteiger partial charge on any atom is 0.0461 e. The first-order chi connectivity index (χ1) is 18.6. The molecule has 38 heavy (non-hydrogen) atoms. The largest absolute Gasteiger partial charge is 0.311 e. The summed E-state index contributed by atoms with van der Waals surface area (Å²) in [5.41, 5.74) is 7.40. The standard InChI is InChI=1S/C20H19N.C17H12/c1-16-8-12-19(13-9-16)21(18-6-4-3-5-7-18)20-14-10-17(2)11-15-20;1-11-9-14-7-5-12-3-2-4-13-6-8-15(10-11)17(14)16(12)13/h3-15H,1-2H3;2-10H,1H3. The van der Waals surface area contributed by atoms with Crippen LogP contribution in [0.1, 0.15) is 16.7 Å². The monoisotopic (exact) mass is 489 g/mol. The third-order valence-electron chi connectivity index (χ3n) is 7.21. The molecule has 7 aromatic carbocycles.